The molecule has 1 amide bonds. The fourth-order valence-corrected chi connectivity index (χ4v) is 1.43. The smallest absolute Gasteiger partial charge is 0.225 e. The third-order valence-electron chi connectivity index (χ3n) is 2.30. The van der Waals surface area contributed by atoms with Crippen LogP contribution in [0.15, 0.2) is 0 Å². The Bertz CT molecular complexity index is 185. The van der Waals surface area contributed by atoms with E-state index in [0.29, 0.717) is 13.2 Å². The van der Waals surface area contributed by atoms with Gasteiger partial charge in [0.15, 0.2) is 0 Å². The van der Waals surface area contributed by atoms with Crippen molar-refractivity contribution in [3.63, 3.8) is 0 Å². The molecular weight excluding hydrogens is 180 g/mol. The van der Waals surface area contributed by atoms with Gasteiger partial charge in [0.1, 0.15) is 0 Å². The molecule has 0 heterocycles. The van der Waals surface area contributed by atoms with Crippen LogP contribution in [0.4, 0.5) is 0 Å². The Morgan fingerprint density at radius 3 is 2.86 bits per heavy atom. The van der Waals surface area contributed by atoms with Gasteiger partial charge in [0.05, 0.1) is 12.0 Å². The van der Waals surface area contributed by atoms with E-state index in [2.05, 4.69) is 10.6 Å². The molecular formula is C10H20N2O2. The van der Waals surface area contributed by atoms with E-state index in [1.807, 2.05) is 13.8 Å². The third-order valence-corrected chi connectivity index (χ3v) is 2.30. The maximum atomic E-state index is 11.4. The van der Waals surface area contributed by atoms with Crippen molar-refractivity contribution in [3.05, 3.63) is 0 Å². The summed E-state index contributed by atoms with van der Waals surface area (Å²) in [5, 5.41) is 6.04. The maximum Gasteiger partial charge on any atom is 0.225 e. The highest BCUT2D eigenvalue weighted by atomic mass is 16.5. The molecule has 82 valence electrons. The molecule has 14 heavy (non-hydrogen) atoms. The van der Waals surface area contributed by atoms with Crippen LogP contribution in [0.2, 0.25) is 0 Å². The molecule has 1 aliphatic carbocycles. The van der Waals surface area contributed by atoms with E-state index in [1.165, 1.54) is 0 Å². The van der Waals surface area contributed by atoms with Crippen molar-refractivity contribution in [3.8, 4) is 0 Å². The molecule has 4 heteroatoms. The first-order chi connectivity index (χ1) is 6.79. The second-order valence-electron chi connectivity index (χ2n) is 3.48. The van der Waals surface area contributed by atoms with Gasteiger partial charge in [-0.15, -0.1) is 0 Å². The van der Waals surface area contributed by atoms with Crippen LogP contribution in [0.3, 0.4) is 0 Å². The first-order valence-electron chi connectivity index (χ1n) is 5.39. The van der Waals surface area contributed by atoms with E-state index < -0.39 is 0 Å². The molecule has 2 atom stereocenters. The van der Waals surface area contributed by atoms with Crippen LogP contribution in [0.25, 0.3) is 0 Å². The summed E-state index contributed by atoms with van der Waals surface area (Å²) < 4.78 is 5.34. The number of carbonyl (C=O) groups is 1. The lowest BCUT2D eigenvalue weighted by molar-refractivity contribution is -0.123. The van der Waals surface area contributed by atoms with Crippen molar-refractivity contribution in [2.45, 2.75) is 26.4 Å². The zero-order chi connectivity index (χ0) is 10.4. The number of nitrogens with one attached hydrogen (secondary N) is 2. The van der Waals surface area contributed by atoms with Gasteiger partial charge in [-0.2, -0.15) is 0 Å². The molecule has 0 aromatic carbocycles. The molecule has 0 saturated heterocycles. The summed E-state index contributed by atoms with van der Waals surface area (Å²) >= 11 is 0. The highest BCUT2D eigenvalue weighted by Gasteiger charge is 2.43. The van der Waals surface area contributed by atoms with E-state index in [0.717, 1.165) is 19.5 Å². The average molecular weight is 200 g/mol. The van der Waals surface area contributed by atoms with Gasteiger partial charge in [0.25, 0.3) is 0 Å². The summed E-state index contributed by atoms with van der Waals surface area (Å²) in [5.74, 6) is 0.248. The summed E-state index contributed by atoms with van der Waals surface area (Å²) in [7, 11) is 0. The fraction of sp³-hybridized carbons (Fsp3) is 0.900. The van der Waals surface area contributed by atoms with E-state index in [4.69, 9.17) is 4.74 Å². The molecule has 2 N–H and O–H groups in total. The number of rotatable bonds is 7. The van der Waals surface area contributed by atoms with Crippen LogP contribution in [0.1, 0.15) is 20.3 Å². The molecule has 1 saturated carbocycles. The summed E-state index contributed by atoms with van der Waals surface area (Å²) in [6.45, 7) is 7.20. The number of amides is 1. The first kappa shape index (κ1) is 11.5. The molecule has 0 spiro atoms. The van der Waals surface area contributed by atoms with Crippen molar-refractivity contribution in [2.75, 3.05) is 26.2 Å². The standard InChI is InChI=1S/C10H20N2O2/c1-3-11-5-6-12-10(13)8-7-9(8)14-4-2/h8-9,11H,3-7H2,1-2H3,(H,12,13). The minimum Gasteiger partial charge on any atom is -0.378 e. The monoisotopic (exact) mass is 200 g/mol. The van der Waals surface area contributed by atoms with Crippen molar-refractivity contribution >= 4 is 5.91 Å². The van der Waals surface area contributed by atoms with Gasteiger partial charge in [-0.3, -0.25) is 4.79 Å². The second-order valence-corrected chi connectivity index (χ2v) is 3.48. The highest BCUT2D eigenvalue weighted by molar-refractivity contribution is 5.82. The molecule has 0 aromatic heterocycles. The lowest BCUT2D eigenvalue weighted by Gasteiger charge is -2.04. The van der Waals surface area contributed by atoms with Gasteiger partial charge < -0.3 is 15.4 Å². The van der Waals surface area contributed by atoms with Crippen molar-refractivity contribution in [1.29, 1.82) is 0 Å². The molecule has 0 aromatic rings. The average Bonchev–Trinajstić information content (AvgIpc) is 2.92. The van der Waals surface area contributed by atoms with Crippen LogP contribution in [-0.2, 0) is 9.53 Å². The quantitative estimate of drug-likeness (QED) is 0.575. The number of hydrogen-bond donors (Lipinski definition) is 2. The Kier molecular flexibility index (Phi) is 4.90. The number of hydrogen-bond acceptors (Lipinski definition) is 3. The zero-order valence-corrected chi connectivity index (χ0v) is 9.01. The van der Waals surface area contributed by atoms with Crippen LogP contribution in [-0.4, -0.2) is 38.3 Å². The minimum absolute atomic E-state index is 0.108. The number of ether oxygens (including phenoxy) is 1. The predicted octanol–water partition coefficient (Wildman–Crippen LogP) is 0.137. The van der Waals surface area contributed by atoms with Crippen LogP contribution >= 0.6 is 0 Å². The molecule has 0 bridgehead atoms. The van der Waals surface area contributed by atoms with Gasteiger partial charge in [-0.25, -0.2) is 0 Å². The Morgan fingerprint density at radius 1 is 1.43 bits per heavy atom. The molecule has 0 radical (unpaired) electrons. The van der Waals surface area contributed by atoms with Crippen LogP contribution in [0, 0.1) is 5.92 Å². The van der Waals surface area contributed by atoms with Crippen LogP contribution < -0.4 is 10.6 Å². The summed E-state index contributed by atoms with van der Waals surface area (Å²) in [5.41, 5.74) is 0. The number of likely N-dealkylation sites (N-methyl/N-ethyl adjacent to an activating group) is 1. The fourth-order valence-electron chi connectivity index (χ4n) is 1.43. The maximum absolute atomic E-state index is 11.4. The van der Waals surface area contributed by atoms with Crippen LogP contribution in [0.5, 0.6) is 0 Å². The molecule has 4 nitrogen and oxygen atoms in total. The summed E-state index contributed by atoms with van der Waals surface area (Å²) in [4.78, 5) is 11.4. The SMILES string of the molecule is CCNCCNC(=O)C1CC1OCC. The predicted molar refractivity (Wildman–Crippen MR) is 55.1 cm³/mol. The Labute approximate surface area is 85.4 Å². The van der Waals surface area contributed by atoms with E-state index in [-0.39, 0.29) is 17.9 Å². The van der Waals surface area contributed by atoms with Gasteiger partial charge >= 0.3 is 0 Å². The Balaban J connectivity index is 2.00. The van der Waals surface area contributed by atoms with Gasteiger partial charge in [-0.05, 0) is 19.9 Å². The zero-order valence-electron chi connectivity index (χ0n) is 9.01. The molecule has 1 aliphatic rings. The Hall–Kier alpha value is -0.610. The molecule has 1 fully saturated rings. The topological polar surface area (TPSA) is 50.4 Å². The highest BCUT2D eigenvalue weighted by Crippen LogP contribution is 2.33. The van der Waals surface area contributed by atoms with E-state index >= 15 is 0 Å². The molecule has 2 unspecified atom stereocenters. The van der Waals surface area contributed by atoms with Gasteiger partial charge in [-0.1, -0.05) is 6.92 Å². The Morgan fingerprint density at radius 2 is 2.21 bits per heavy atom. The number of carbonyl (C=O) groups excluding carboxylic acids is 1. The van der Waals surface area contributed by atoms with Crippen molar-refractivity contribution < 1.29 is 9.53 Å². The van der Waals surface area contributed by atoms with E-state index in [9.17, 15) is 4.79 Å². The lowest BCUT2D eigenvalue weighted by atomic mass is 10.4. The molecule has 0 aliphatic heterocycles. The van der Waals surface area contributed by atoms with Gasteiger partial charge in [0, 0.05) is 19.7 Å². The largest absolute Gasteiger partial charge is 0.378 e. The van der Waals surface area contributed by atoms with E-state index in [1.54, 1.807) is 0 Å². The summed E-state index contributed by atoms with van der Waals surface area (Å²) in [6, 6.07) is 0. The minimum atomic E-state index is 0.108. The summed E-state index contributed by atoms with van der Waals surface area (Å²) in [6.07, 6.45) is 1.07. The normalized spacial score (nSPS) is 24.7. The molecule has 1 rings (SSSR count). The first-order valence-corrected chi connectivity index (χ1v) is 5.39. The van der Waals surface area contributed by atoms with Crippen molar-refractivity contribution in [2.24, 2.45) is 5.92 Å². The second kappa shape index (κ2) is 5.98. The third kappa shape index (κ3) is 3.64. The lowest BCUT2D eigenvalue weighted by Crippen LogP contribution is -2.33. The van der Waals surface area contributed by atoms with Crippen molar-refractivity contribution in [1.82, 2.24) is 10.6 Å². The van der Waals surface area contributed by atoms with Gasteiger partial charge in [0.2, 0.25) is 5.91 Å².